The Hall–Kier alpha value is -3.11. The molecule has 1 heterocycles. The molecule has 0 aliphatic heterocycles. The highest BCUT2D eigenvalue weighted by Crippen LogP contribution is 2.29. The summed E-state index contributed by atoms with van der Waals surface area (Å²) in [4.78, 5) is 12.5. The molecule has 1 aromatic heterocycles. The Labute approximate surface area is 166 Å². The van der Waals surface area contributed by atoms with Gasteiger partial charge in [-0.25, -0.2) is 9.18 Å². The van der Waals surface area contributed by atoms with Crippen LogP contribution in [0, 0.1) is 12.7 Å². The average molecular weight is 395 g/mol. The Balaban J connectivity index is 1.71. The normalized spacial score (nSPS) is 11.0. The van der Waals surface area contributed by atoms with Crippen molar-refractivity contribution in [2.24, 2.45) is 0 Å². The summed E-state index contributed by atoms with van der Waals surface area (Å²) in [5.74, 6) is 0.211. The first-order valence-electron chi connectivity index (χ1n) is 8.72. The van der Waals surface area contributed by atoms with Crippen molar-refractivity contribution in [3.8, 4) is 16.9 Å². The molecule has 0 atom stereocenters. The van der Waals surface area contributed by atoms with Crippen molar-refractivity contribution in [1.82, 2.24) is 0 Å². The minimum absolute atomic E-state index is 0.200. The Kier molecular flexibility index (Phi) is 4.88. The van der Waals surface area contributed by atoms with Crippen LogP contribution in [0.25, 0.3) is 22.1 Å². The van der Waals surface area contributed by atoms with E-state index in [-0.39, 0.29) is 12.2 Å². The number of hydrogen-bond donors (Lipinski definition) is 0. The van der Waals surface area contributed by atoms with Gasteiger partial charge in [-0.3, -0.25) is 0 Å². The van der Waals surface area contributed by atoms with E-state index < -0.39 is 5.82 Å². The molecule has 3 aromatic carbocycles. The lowest BCUT2D eigenvalue weighted by Crippen LogP contribution is -2.06. The smallest absolute Gasteiger partial charge is 0.344 e. The molecule has 0 spiro atoms. The monoisotopic (exact) mass is 394 g/mol. The number of ether oxygens (including phenoxy) is 1. The molecule has 4 aromatic rings. The second kappa shape index (κ2) is 7.49. The number of hydrogen-bond acceptors (Lipinski definition) is 3. The molecule has 5 heteroatoms. The second-order valence-electron chi connectivity index (χ2n) is 6.44. The van der Waals surface area contributed by atoms with Crippen LogP contribution in [0.3, 0.4) is 0 Å². The largest absolute Gasteiger partial charge is 0.489 e. The standard InChI is InChI=1S/C23H16ClFO3/c1-14-19-12-18(27-13-16-7-8-17(25)11-20(16)24)9-10-21(19)28-23(26)22(14)15-5-3-2-4-6-15/h2-12H,13H2,1H3. The van der Waals surface area contributed by atoms with Gasteiger partial charge in [-0.1, -0.05) is 48.0 Å². The van der Waals surface area contributed by atoms with Crippen molar-refractivity contribution in [2.75, 3.05) is 0 Å². The van der Waals surface area contributed by atoms with E-state index in [2.05, 4.69) is 0 Å². The van der Waals surface area contributed by atoms with Crippen molar-refractivity contribution in [2.45, 2.75) is 13.5 Å². The lowest BCUT2D eigenvalue weighted by atomic mass is 9.99. The van der Waals surface area contributed by atoms with Gasteiger partial charge in [0.25, 0.3) is 0 Å². The molecule has 4 rings (SSSR count). The lowest BCUT2D eigenvalue weighted by Gasteiger charge is -2.11. The van der Waals surface area contributed by atoms with Gasteiger partial charge in [0, 0.05) is 10.9 Å². The maximum absolute atomic E-state index is 13.2. The van der Waals surface area contributed by atoms with Gasteiger partial charge in [-0.05, 0) is 48.4 Å². The van der Waals surface area contributed by atoms with Gasteiger partial charge in [0.2, 0.25) is 0 Å². The van der Waals surface area contributed by atoms with E-state index in [0.29, 0.717) is 27.5 Å². The Morgan fingerprint density at radius 1 is 1.04 bits per heavy atom. The molecule has 28 heavy (non-hydrogen) atoms. The van der Waals surface area contributed by atoms with Crippen LogP contribution in [0.1, 0.15) is 11.1 Å². The van der Waals surface area contributed by atoms with Crippen molar-refractivity contribution in [1.29, 1.82) is 0 Å². The van der Waals surface area contributed by atoms with E-state index in [4.69, 9.17) is 20.8 Å². The van der Waals surface area contributed by atoms with Crippen LogP contribution < -0.4 is 10.4 Å². The van der Waals surface area contributed by atoms with Crippen LogP contribution in [0.5, 0.6) is 5.75 Å². The Morgan fingerprint density at radius 3 is 2.57 bits per heavy atom. The summed E-state index contributed by atoms with van der Waals surface area (Å²) in [6.07, 6.45) is 0. The topological polar surface area (TPSA) is 39.4 Å². The Morgan fingerprint density at radius 2 is 1.82 bits per heavy atom. The highest BCUT2D eigenvalue weighted by atomic mass is 35.5. The van der Waals surface area contributed by atoms with Crippen molar-refractivity contribution in [3.63, 3.8) is 0 Å². The van der Waals surface area contributed by atoms with Gasteiger partial charge in [-0.15, -0.1) is 0 Å². The maximum atomic E-state index is 13.2. The number of aryl methyl sites for hydroxylation is 1. The van der Waals surface area contributed by atoms with Crippen molar-refractivity contribution < 1.29 is 13.5 Å². The first-order valence-corrected chi connectivity index (χ1v) is 9.10. The van der Waals surface area contributed by atoms with E-state index >= 15 is 0 Å². The van der Waals surface area contributed by atoms with Gasteiger partial charge < -0.3 is 9.15 Å². The zero-order chi connectivity index (χ0) is 19.7. The molecule has 140 valence electrons. The van der Waals surface area contributed by atoms with Crippen LogP contribution in [-0.4, -0.2) is 0 Å². The average Bonchev–Trinajstić information content (AvgIpc) is 2.68. The summed E-state index contributed by atoms with van der Waals surface area (Å²) in [7, 11) is 0. The SMILES string of the molecule is Cc1c(-c2ccccc2)c(=O)oc2ccc(OCc3ccc(F)cc3Cl)cc12. The van der Waals surface area contributed by atoms with E-state index in [1.165, 1.54) is 12.1 Å². The predicted octanol–water partition coefficient (Wildman–Crippen LogP) is 6.14. The number of halogens is 2. The minimum Gasteiger partial charge on any atom is -0.489 e. The van der Waals surface area contributed by atoms with Crippen molar-refractivity contribution >= 4 is 22.6 Å². The number of benzene rings is 3. The fourth-order valence-electron chi connectivity index (χ4n) is 3.16. The fraction of sp³-hybridized carbons (Fsp3) is 0.0870. The zero-order valence-electron chi connectivity index (χ0n) is 15.0. The van der Waals surface area contributed by atoms with Crippen LogP contribution in [0.15, 0.2) is 75.9 Å². The van der Waals surface area contributed by atoms with Crippen LogP contribution in [-0.2, 0) is 6.61 Å². The van der Waals surface area contributed by atoms with Crippen LogP contribution in [0.2, 0.25) is 5.02 Å². The number of rotatable bonds is 4. The number of fused-ring (bicyclic) bond motifs is 1. The summed E-state index contributed by atoms with van der Waals surface area (Å²) in [5, 5.41) is 1.11. The molecule has 3 nitrogen and oxygen atoms in total. The molecule has 0 unspecified atom stereocenters. The molecule has 0 amide bonds. The highest BCUT2D eigenvalue weighted by Gasteiger charge is 2.14. The molecule has 0 radical (unpaired) electrons. The highest BCUT2D eigenvalue weighted by molar-refractivity contribution is 6.31. The second-order valence-corrected chi connectivity index (χ2v) is 6.85. The van der Waals surface area contributed by atoms with Gasteiger partial charge in [-0.2, -0.15) is 0 Å². The predicted molar refractivity (Wildman–Crippen MR) is 108 cm³/mol. The van der Waals surface area contributed by atoms with Crippen LogP contribution in [0.4, 0.5) is 4.39 Å². The summed E-state index contributed by atoms with van der Waals surface area (Å²) in [6.45, 7) is 2.09. The van der Waals surface area contributed by atoms with Gasteiger partial charge in [0.05, 0.1) is 10.6 Å². The first-order chi connectivity index (χ1) is 13.5. The Bertz CT molecular complexity index is 1220. The molecule has 0 aliphatic rings. The molecule has 0 aliphatic carbocycles. The van der Waals surface area contributed by atoms with E-state index in [1.807, 2.05) is 43.3 Å². The molecular weight excluding hydrogens is 379 g/mol. The summed E-state index contributed by atoms with van der Waals surface area (Å²) >= 11 is 6.05. The van der Waals surface area contributed by atoms with Gasteiger partial charge in [0.1, 0.15) is 23.8 Å². The third-order valence-electron chi connectivity index (χ3n) is 4.61. The minimum atomic E-state index is -0.390. The third kappa shape index (κ3) is 3.51. The first kappa shape index (κ1) is 18.3. The summed E-state index contributed by atoms with van der Waals surface area (Å²) in [6, 6.07) is 18.9. The molecular formula is C23H16ClFO3. The van der Waals surface area contributed by atoms with E-state index in [1.54, 1.807) is 18.2 Å². The lowest BCUT2D eigenvalue weighted by molar-refractivity contribution is 0.306. The summed E-state index contributed by atoms with van der Waals surface area (Å²) in [5.41, 5.74) is 2.97. The summed E-state index contributed by atoms with van der Waals surface area (Å²) < 4.78 is 24.5. The fourth-order valence-corrected chi connectivity index (χ4v) is 3.38. The van der Waals surface area contributed by atoms with Crippen LogP contribution >= 0.6 is 11.6 Å². The maximum Gasteiger partial charge on any atom is 0.344 e. The quantitative estimate of drug-likeness (QED) is 0.390. The molecule has 0 bridgehead atoms. The van der Waals surface area contributed by atoms with E-state index in [0.717, 1.165) is 16.5 Å². The van der Waals surface area contributed by atoms with Crippen molar-refractivity contribution in [3.05, 3.63) is 99.1 Å². The van der Waals surface area contributed by atoms with Gasteiger partial charge >= 0.3 is 5.63 Å². The van der Waals surface area contributed by atoms with E-state index in [9.17, 15) is 9.18 Å². The molecule has 0 saturated carbocycles. The molecule has 0 fully saturated rings. The molecule has 0 N–H and O–H groups in total. The third-order valence-corrected chi connectivity index (χ3v) is 4.96. The molecule has 0 saturated heterocycles. The zero-order valence-corrected chi connectivity index (χ0v) is 15.8. The van der Waals surface area contributed by atoms with Gasteiger partial charge in [0.15, 0.2) is 0 Å².